The van der Waals surface area contributed by atoms with Gasteiger partial charge >= 0.3 is 6.18 Å². The molecule has 0 fully saturated rings. The molecule has 110 valence electrons. The summed E-state index contributed by atoms with van der Waals surface area (Å²) in [5.41, 5.74) is 0.511. The maximum atomic E-state index is 11.9. The smallest absolute Gasteiger partial charge is 0.384 e. The molecule has 0 unspecified atom stereocenters. The summed E-state index contributed by atoms with van der Waals surface area (Å²) in [5.74, 6) is 4.74. The van der Waals surface area contributed by atoms with Crippen LogP contribution in [0, 0.1) is 11.8 Å². The van der Waals surface area contributed by atoms with Gasteiger partial charge in [-0.1, -0.05) is 11.8 Å². The van der Waals surface area contributed by atoms with Crippen molar-refractivity contribution in [3.05, 3.63) is 21.9 Å². The highest BCUT2D eigenvalue weighted by Crippen LogP contribution is 2.22. The van der Waals surface area contributed by atoms with Crippen LogP contribution in [0.4, 0.5) is 13.2 Å². The van der Waals surface area contributed by atoms with Gasteiger partial charge in [-0.25, -0.2) is 0 Å². The van der Waals surface area contributed by atoms with E-state index in [0.29, 0.717) is 10.4 Å². The first-order chi connectivity index (χ1) is 9.44. The molecule has 2 N–H and O–H groups in total. The van der Waals surface area contributed by atoms with Gasteiger partial charge in [0.05, 0.1) is 0 Å². The average molecular weight is 305 g/mol. The second-order valence-electron chi connectivity index (χ2n) is 3.95. The van der Waals surface area contributed by atoms with E-state index in [1.54, 1.807) is 11.4 Å². The van der Waals surface area contributed by atoms with Crippen LogP contribution in [0.2, 0.25) is 0 Å². The van der Waals surface area contributed by atoms with Crippen LogP contribution in [-0.4, -0.2) is 30.3 Å². The number of carbonyl (C=O) groups excluding carboxylic acids is 1. The van der Waals surface area contributed by atoms with Gasteiger partial charge in [0.2, 0.25) is 0 Å². The van der Waals surface area contributed by atoms with Crippen molar-refractivity contribution in [1.82, 2.24) is 5.32 Å². The lowest BCUT2D eigenvalue weighted by Gasteiger charge is -2.06. The Morgan fingerprint density at radius 3 is 2.80 bits per heavy atom. The minimum atomic E-state index is -4.15. The lowest BCUT2D eigenvalue weighted by atomic mass is 10.2. The number of alkyl halides is 3. The van der Waals surface area contributed by atoms with E-state index in [4.69, 9.17) is 5.11 Å². The molecular weight excluding hydrogens is 291 g/mol. The second-order valence-corrected chi connectivity index (χ2v) is 4.87. The molecule has 7 heteroatoms. The van der Waals surface area contributed by atoms with Crippen molar-refractivity contribution in [2.24, 2.45) is 0 Å². The van der Waals surface area contributed by atoms with Gasteiger partial charge in [-0.3, -0.25) is 4.79 Å². The van der Waals surface area contributed by atoms with E-state index in [-0.39, 0.29) is 31.9 Å². The van der Waals surface area contributed by atoms with Gasteiger partial charge in [0.1, 0.15) is 11.5 Å². The van der Waals surface area contributed by atoms with Crippen LogP contribution in [0.3, 0.4) is 0 Å². The molecule has 0 atom stereocenters. The molecule has 0 saturated carbocycles. The molecule has 1 aromatic rings. The van der Waals surface area contributed by atoms with Gasteiger partial charge in [0, 0.05) is 18.5 Å². The largest absolute Gasteiger partial charge is 0.389 e. The number of unbranched alkanes of at least 4 members (excludes halogenated alkanes) is 1. The molecule has 0 aromatic carbocycles. The normalized spacial score (nSPS) is 10.8. The zero-order valence-corrected chi connectivity index (χ0v) is 11.4. The van der Waals surface area contributed by atoms with E-state index < -0.39 is 12.6 Å². The first-order valence-electron chi connectivity index (χ1n) is 5.96. The van der Waals surface area contributed by atoms with Crippen LogP contribution in [-0.2, 0) is 0 Å². The highest BCUT2D eigenvalue weighted by atomic mass is 32.1. The predicted molar refractivity (Wildman–Crippen MR) is 70.5 cm³/mol. The van der Waals surface area contributed by atoms with Crippen molar-refractivity contribution in [3.63, 3.8) is 0 Å². The van der Waals surface area contributed by atoms with Crippen molar-refractivity contribution in [1.29, 1.82) is 0 Å². The molecule has 0 aliphatic heterocycles. The molecule has 0 spiro atoms. The van der Waals surface area contributed by atoms with Crippen LogP contribution >= 0.6 is 11.3 Å². The lowest BCUT2D eigenvalue weighted by molar-refractivity contribution is -0.135. The molecular formula is C13H14F3NO2S. The first kappa shape index (κ1) is 16.5. The molecule has 1 heterocycles. The summed E-state index contributed by atoms with van der Waals surface area (Å²) in [6, 6.07) is 1.66. The minimum absolute atomic E-state index is 0.00854. The summed E-state index contributed by atoms with van der Waals surface area (Å²) in [6.45, 7) is -0.103. The van der Waals surface area contributed by atoms with E-state index in [1.165, 1.54) is 11.3 Å². The zero-order chi connectivity index (χ0) is 15.0. The van der Waals surface area contributed by atoms with Crippen molar-refractivity contribution >= 4 is 17.2 Å². The van der Waals surface area contributed by atoms with E-state index >= 15 is 0 Å². The number of halogens is 3. The highest BCUT2D eigenvalue weighted by Gasteiger charge is 2.25. The third kappa shape index (κ3) is 6.08. The number of aliphatic hydroxyl groups excluding tert-OH is 1. The SMILES string of the molecule is O=C(NCCCCC(F)(F)F)c1sccc1C#CCO. The summed E-state index contributed by atoms with van der Waals surface area (Å²) >= 11 is 1.20. The molecule has 0 aliphatic carbocycles. The lowest BCUT2D eigenvalue weighted by Crippen LogP contribution is -2.24. The van der Waals surface area contributed by atoms with Gasteiger partial charge < -0.3 is 10.4 Å². The van der Waals surface area contributed by atoms with Crippen molar-refractivity contribution in [2.45, 2.75) is 25.4 Å². The monoisotopic (exact) mass is 305 g/mol. The molecule has 20 heavy (non-hydrogen) atoms. The van der Waals surface area contributed by atoms with Gasteiger partial charge in [-0.05, 0) is 24.3 Å². The van der Waals surface area contributed by atoms with Gasteiger partial charge in [0.15, 0.2) is 0 Å². The Bertz CT molecular complexity index is 500. The Labute approximate surface area is 118 Å². The third-order valence-electron chi connectivity index (χ3n) is 2.35. The molecule has 1 amide bonds. The number of thiophene rings is 1. The molecule has 0 bridgehead atoms. The summed E-state index contributed by atoms with van der Waals surface area (Å²) < 4.78 is 35.7. The quantitative estimate of drug-likeness (QED) is 0.649. The van der Waals surface area contributed by atoms with Crippen LogP contribution in [0.25, 0.3) is 0 Å². The molecule has 0 saturated heterocycles. The number of amides is 1. The maximum absolute atomic E-state index is 11.9. The molecule has 0 radical (unpaired) electrons. The molecule has 0 aliphatic rings. The Balaban J connectivity index is 2.38. The van der Waals surface area contributed by atoms with Gasteiger partial charge in [-0.15, -0.1) is 11.3 Å². The minimum Gasteiger partial charge on any atom is -0.384 e. The highest BCUT2D eigenvalue weighted by molar-refractivity contribution is 7.12. The van der Waals surface area contributed by atoms with Crippen LogP contribution in [0.15, 0.2) is 11.4 Å². The van der Waals surface area contributed by atoms with Crippen molar-refractivity contribution < 1.29 is 23.1 Å². The topological polar surface area (TPSA) is 49.3 Å². The van der Waals surface area contributed by atoms with Crippen LogP contribution in [0.1, 0.15) is 34.5 Å². The van der Waals surface area contributed by atoms with Crippen molar-refractivity contribution in [2.75, 3.05) is 13.2 Å². The summed E-state index contributed by atoms with van der Waals surface area (Å²) in [7, 11) is 0. The Morgan fingerprint density at radius 2 is 2.15 bits per heavy atom. The number of nitrogens with one attached hydrogen (secondary N) is 1. The fraction of sp³-hybridized carbons (Fsp3) is 0.462. The number of aliphatic hydroxyl groups is 1. The number of rotatable bonds is 5. The standard InChI is InChI=1S/C13H14F3NO2S/c14-13(15,16)6-1-2-7-17-12(19)11-10(4-3-8-18)5-9-20-11/h5,9,18H,1-2,6-8H2,(H,17,19). The average Bonchev–Trinajstić information content (AvgIpc) is 2.82. The van der Waals surface area contributed by atoms with E-state index in [0.717, 1.165) is 0 Å². The van der Waals surface area contributed by atoms with Gasteiger partial charge in [-0.2, -0.15) is 13.2 Å². The Morgan fingerprint density at radius 1 is 1.40 bits per heavy atom. The molecule has 1 aromatic heterocycles. The fourth-order valence-electron chi connectivity index (χ4n) is 1.45. The predicted octanol–water partition coefficient (Wildman–Crippen LogP) is 2.55. The van der Waals surface area contributed by atoms with Crippen LogP contribution < -0.4 is 5.32 Å². The molecule has 3 nitrogen and oxygen atoms in total. The second kappa shape index (κ2) is 7.92. The summed E-state index contributed by atoms with van der Waals surface area (Å²) in [6.07, 6.45) is -4.72. The Hall–Kier alpha value is -1.52. The first-order valence-corrected chi connectivity index (χ1v) is 6.84. The number of carbonyl (C=O) groups is 1. The summed E-state index contributed by atoms with van der Waals surface area (Å²) in [5, 5.41) is 12.9. The fourth-order valence-corrected chi connectivity index (χ4v) is 2.22. The Kier molecular flexibility index (Phi) is 6.55. The number of hydrogen-bond donors (Lipinski definition) is 2. The van der Waals surface area contributed by atoms with E-state index in [1.807, 2.05) is 0 Å². The van der Waals surface area contributed by atoms with Crippen LogP contribution in [0.5, 0.6) is 0 Å². The third-order valence-corrected chi connectivity index (χ3v) is 3.26. The summed E-state index contributed by atoms with van der Waals surface area (Å²) in [4.78, 5) is 12.2. The molecule has 1 rings (SSSR count). The van der Waals surface area contributed by atoms with E-state index in [2.05, 4.69) is 17.2 Å². The number of hydrogen-bond acceptors (Lipinski definition) is 3. The van der Waals surface area contributed by atoms with E-state index in [9.17, 15) is 18.0 Å². The van der Waals surface area contributed by atoms with Gasteiger partial charge in [0.25, 0.3) is 5.91 Å². The maximum Gasteiger partial charge on any atom is 0.389 e. The zero-order valence-electron chi connectivity index (χ0n) is 10.6. The van der Waals surface area contributed by atoms with Crippen molar-refractivity contribution in [3.8, 4) is 11.8 Å².